The van der Waals surface area contributed by atoms with Crippen LogP contribution >= 0.6 is 23.3 Å². The standard InChI is InChI=1S/C12H15N3O2S2/c1-16-9-4-8(6-13-12-7-14-15-19-12)11(18-3)5-10(9)17-2/h4-5,7,13H,6H2,1-3H3. The van der Waals surface area contributed by atoms with Crippen LogP contribution in [0.3, 0.4) is 0 Å². The van der Waals surface area contributed by atoms with Crippen molar-refractivity contribution in [2.45, 2.75) is 11.4 Å². The number of hydrogen-bond donors (Lipinski definition) is 1. The molecule has 0 atom stereocenters. The quantitative estimate of drug-likeness (QED) is 0.827. The van der Waals surface area contributed by atoms with E-state index in [-0.39, 0.29) is 0 Å². The Hall–Kier alpha value is -1.47. The van der Waals surface area contributed by atoms with E-state index in [0.29, 0.717) is 6.54 Å². The van der Waals surface area contributed by atoms with E-state index in [1.54, 1.807) is 32.2 Å². The molecule has 0 saturated heterocycles. The Morgan fingerprint density at radius 1 is 1.26 bits per heavy atom. The predicted octanol–water partition coefficient (Wildman–Crippen LogP) is 2.89. The summed E-state index contributed by atoms with van der Waals surface area (Å²) in [6.45, 7) is 0.695. The van der Waals surface area contributed by atoms with Gasteiger partial charge in [-0.3, -0.25) is 0 Å². The van der Waals surface area contributed by atoms with Crippen LogP contribution < -0.4 is 14.8 Å². The zero-order valence-corrected chi connectivity index (χ0v) is 12.6. The van der Waals surface area contributed by atoms with Crippen molar-refractivity contribution in [1.82, 2.24) is 9.59 Å². The second-order valence-electron chi connectivity index (χ2n) is 3.65. The third kappa shape index (κ3) is 3.30. The van der Waals surface area contributed by atoms with Crippen molar-refractivity contribution in [2.24, 2.45) is 0 Å². The first-order chi connectivity index (χ1) is 9.28. The van der Waals surface area contributed by atoms with Crippen LogP contribution in [0.15, 0.2) is 23.2 Å². The van der Waals surface area contributed by atoms with Crippen LogP contribution in [0.2, 0.25) is 0 Å². The van der Waals surface area contributed by atoms with Gasteiger partial charge in [-0.1, -0.05) is 4.49 Å². The minimum atomic E-state index is 0.695. The topological polar surface area (TPSA) is 56.3 Å². The molecule has 0 amide bonds. The average Bonchev–Trinajstić information content (AvgIpc) is 2.97. The highest BCUT2D eigenvalue weighted by Crippen LogP contribution is 2.34. The Labute approximate surface area is 120 Å². The molecule has 0 fully saturated rings. The number of hydrogen-bond acceptors (Lipinski definition) is 7. The molecular formula is C12H15N3O2S2. The summed E-state index contributed by atoms with van der Waals surface area (Å²) in [5, 5.41) is 8.03. The number of thioether (sulfide) groups is 1. The van der Waals surface area contributed by atoms with Crippen molar-refractivity contribution in [3.8, 4) is 11.5 Å². The molecule has 7 heteroatoms. The van der Waals surface area contributed by atoms with Crippen molar-refractivity contribution in [3.63, 3.8) is 0 Å². The Morgan fingerprint density at radius 2 is 2.00 bits per heavy atom. The third-order valence-corrected chi connectivity index (χ3v) is 4.04. The molecule has 0 bridgehead atoms. The van der Waals surface area contributed by atoms with Crippen molar-refractivity contribution < 1.29 is 9.47 Å². The molecule has 1 N–H and O–H groups in total. The van der Waals surface area contributed by atoms with E-state index < -0.39 is 0 Å². The van der Waals surface area contributed by atoms with E-state index in [2.05, 4.69) is 14.9 Å². The maximum absolute atomic E-state index is 5.33. The normalized spacial score (nSPS) is 10.3. The Bertz CT molecular complexity index is 532. The van der Waals surface area contributed by atoms with Crippen LogP contribution in [0.4, 0.5) is 5.00 Å². The number of anilines is 1. The first-order valence-corrected chi connectivity index (χ1v) is 7.58. The van der Waals surface area contributed by atoms with Gasteiger partial charge >= 0.3 is 0 Å². The van der Waals surface area contributed by atoms with Crippen molar-refractivity contribution in [2.75, 3.05) is 25.8 Å². The number of benzene rings is 1. The summed E-state index contributed by atoms with van der Waals surface area (Å²) in [4.78, 5) is 1.16. The van der Waals surface area contributed by atoms with Gasteiger partial charge in [0.1, 0.15) is 5.00 Å². The van der Waals surface area contributed by atoms with Gasteiger partial charge in [-0.05, 0) is 24.0 Å². The van der Waals surface area contributed by atoms with Crippen molar-refractivity contribution in [1.29, 1.82) is 0 Å². The summed E-state index contributed by atoms with van der Waals surface area (Å²) in [7, 11) is 3.28. The van der Waals surface area contributed by atoms with Crippen molar-refractivity contribution in [3.05, 3.63) is 23.9 Å². The lowest BCUT2D eigenvalue weighted by Crippen LogP contribution is -2.01. The molecule has 2 rings (SSSR count). The minimum Gasteiger partial charge on any atom is -0.493 e. The van der Waals surface area contributed by atoms with Gasteiger partial charge in [-0.25, -0.2) is 0 Å². The number of ether oxygens (including phenoxy) is 2. The molecule has 0 aliphatic rings. The highest BCUT2D eigenvalue weighted by Gasteiger charge is 2.10. The average molecular weight is 297 g/mol. The lowest BCUT2D eigenvalue weighted by molar-refractivity contribution is 0.353. The summed E-state index contributed by atoms with van der Waals surface area (Å²) < 4.78 is 14.5. The van der Waals surface area contributed by atoms with Gasteiger partial charge < -0.3 is 14.8 Å². The van der Waals surface area contributed by atoms with E-state index in [0.717, 1.165) is 27.0 Å². The molecule has 1 aromatic heterocycles. The van der Waals surface area contributed by atoms with Crippen LogP contribution in [-0.4, -0.2) is 30.1 Å². The van der Waals surface area contributed by atoms with Gasteiger partial charge in [0.2, 0.25) is 0 Å². The van der Waals surface area contributed by atoms with Crippen LogP contribution in [0.25, 0.3) is 0 Å². The predicted molar refractivity (Wildman–Crippen MR) is 78.6 cm³/mol. The van der Waals surface area contributed by atoms with E-state index in [9.17, 15) is 0 Å². The molecule has 19 heavy (non-hydrogen) atoms. The summed E-state index contributed by atoms with van der Waals surface area (Å²) >= 11 is 3.02. The summed E-state index contributed by atoms with van der Waals surface area (Å²) in [5.41, 5.74) is 1.15. The molecular weight excluding hydrogens is 282 g/mol. The number of methoxy groups -OCH3 is 2. The Kier molecular flexibility index (Phi) is 4.86. The van der Waals surface area contributed by atoms with Gasteiger partial charge in [-0.2, -0.15) is 0 Å². The molecule has 5 nitrogen and oxygen atoms in total. The molecule has 0 aliphatic heterocycles. The Balaban J connectivity index is 2.22. The summed E-state index contributed by atoms with van der Waals surface area (Å²) in [6.07, 6.45) is 3.75. The molecule has 2 aromatic rings. The smallest absolute Gasteiger partial charge is 0.161 e. The van der Waals surface area contributed by atoms with E-state index in [1.165, 1.54) is 11.5 Å². The molecule has 0 spiro atoms. The zero-order valence-electron chi connectivity index (χ0n) is 11.0. The second kappa shape index (κ2) is 6.63. The highest BCUT2D eigenvalue weighted by molar-refractivity contribution is 7.98. The fraction of sp³-hybridized carbons (Fsp3) is 0.333. The van der Waals surface area contributed by atoms with E-state index >= 15 is 0 Å². The number of aromatic nitrogens is 2. The van der Waals surface area contributed by atoms with Gasteiger partial charge in [0, 0.05) is 23.0 Å². The van der Waals surface area contributed by atoms with Crippen molar-refractivity contribution >= 4 is 28.3 Å². The minimum absolute atomic E-state index is 0.695. The number of nitrogens with zero attached hydrogens (tertiary/aromatic N) is 2. The largest absolute Gasteiger partial charge is 0.493 e. The monoisotopic (exact) mass is 297 g/mol. The third-order valence-electron chi connectivity index (χ3n) is 2.60. The maximum atomic E-state index is 5.33. The zero-order chi connectivity index (χ0) is 13.7. The first kappa shape index (κ1) is 14.0. The van der Waals surface area contributed by atoms with E-state index in [4.69, 9.17) is 9.47 Å². The number of nitrogens with one attached hydrogen (secondary N) is 1. The fourth-order valence-corrected chi connectivity index (χ4v) is 2.69. The maximum Gasteiger partial charge on any atom is 0.161 e. The molecule has 102 valence electrons. The van der Waals surface area contributed by atoms with Gasteiger partial charge in [-0.15, -0.1) is 16.9 Å². The molecule has 1 aromatic carbocycles. The lowest BCUT2D eigenvalue weighted by atomic mass is 10.2. The molecule has 0 radical (unpaired) electrons. The first-order valence-electron chi connectivity index (χ1n) is 5.58. The molecule has 1 heterocycles. The summed E-state index contributed by atoms with van der Waals surface area (Å²) in [5.74, 6) is 1.48. The summed E-state index contributed by atoms with van der Waals surface area (Å²) in [6, 6.07) is 3.98. The van der Waals surface area contributed by atoms with Crippen LogP contribution in [0.5, 0.6) is 11.5 Å². The fourth-order valence-electron chi connectivity index (χ4n) is 1.66. The van der Waals surface area contributed by atoms with Gasteiger partial charge in [0.05, 0.1) is 20.4 Å². The highest BCUT2D eigenvalue weighted by atomic mass is 32.2. The van der Waals surface area contributed by atoms with Crippen LogP contribution in [-0.2, 0) is 6.54 Å². The Morgan fingerprint density at radius 3 is 2.58 bits per heavy atom. The number of rotatable bonds is 6. The van der Waals surface area contributed by atoms with Crippen LogP contribution in [0, 0.1) is 0 Å². The SMILES string of the molecule is COc1cc(CNc2cnns2)c(SC)cc1OC. The molecule has 0 aliphatic carbocycles. The second-order valence-corrected chi connectivity index (χ2v) is 5.29. The molecule has 0 saturated carbocycles. The van der Waals surface area contributed by atoms with Gasteiger partial charge in [0.25, 0.3) is 0 Å². The van der Waals surface area contributed by atoms with Crippen LogP contribution in [0.1, 0.15) is 5.56 Å². The molecule has 0 unspecified atom stereocenters. The van der Waals surface area contributed by atoms with Gasteiger partial charge in [0.15, 0.2) is 11.5 Å². The lowest BCUT2D eigenvalue weighted by Gasteiger charge is -2.14. The van der Waals surface area contributed by atoms with E-state index in [1.807, 2.05) is 18.4 Å².